The number of hydrogen-bond donors (Lipinski definition) is 0. The molecule has 0 atom stereocenters. The lowest BCUT2D eigenvalue weighted by molar-refractivity contribution is 0.0694. The van der Waals surface area contributed by atoms with Gasteiger partial charge in [-0.15, -0.1) is 0 Å². The first kappa shape index (κ1) is 14.3. The second kappa shape index (κ2) is 11.4. The standard InChI is InChI=1S/C8H14IN3O3/c9-7-15-8(13)14-6-4-2-1-3-5-11-12-10/h1-7H2. The summed E-state index contributed by atoms with van der Waals surface area (Å²) in [5, 5.41) is 3.42. The van der Waals surface area contributed by atoms with Crippen molar-refractivity contribution in [3.63, 3.8) is 0 Å². The van der Waals surface area contributed by atoms with Gasteiger partial charge in [0.1, 0.15) is 4.61 Å². The van der Waals surface area contributed by atoms with Crippen LogP contribution in [-0.4, -0.2) is 23.9 Å². The highest BCUT2D eigenvalue weighted by Gasteiger charge is 2.00. The first-order valence-corrected chi connectivity index (χ1v) is 6.20. The van der Waals surface area contributed by atoms with Crippen LogP contribution in [0, 0.1) is 0 Å². The molecule has 0 saturated carbocycles. The minimum absolute atomic E-state index is 0.308. The van der Waals surface area contributed by atoms with Crippen LogP contribution in [0.5, 0.6) is 0 Å². The molecule has 15 heavy (non-hydrogen) atoms. The molecule has 0 bridgehead atoms. The number of carbonyl (C=O) groups is 1. The largest absolute Gasteiger partial charge is 0.509 e. The number of rotatable bonds is 8. The van der Waals surface area contributed by atoms with Gasteiger partial charge in [-0.2, -0.15) is 0 Å². The van der Waals surface area contributed by atoms with Gasteiger partial charge in [-0.3, -0.25) is 0 Å². The molecule has 0 aliphatic heterocycles. The fourth-order valence-electron chi connectivity index (χ4n) is 0.925. The summed E-state index contributed by atoms with van der Waals surface area (Å²) in [4.78, 5) is 13.4. The maximum absolute atomic E-state index is 10.7. The molecule has 0 aliphatic carbocycles. The number of nitrogens with zero attached hydrogens (tertiary/aromatic N) is 3. The fraction of sp³-hybridized carbons (Fsp3) is 0.875. The van der Waals surface area contributed by atoms with Crippen LogP contribution in [0.25, 0.3) is 10.4 Å². The van der Waals surface area contributed by atoms with Gasteiger partial charge in [0.25, 0.3) is 0 Å². The van der Waals surface area contributed by atoms with Crippen molar-refractivity contribution in [3.8, 4) is 0 Å². The molecule has 0 amide bonds. The molecule has 6 nitrogen and oxygen atoms in total. The Morgan fingerprint density at radius 2 is 2.00 bits per heavy atom. The van der Waals surface area contributed by atoms with Crippen LogP contribution in [0.2, 0.25) is 0 Å². The molecule has 0 aromatic carbocycles. The topological polar surface area (TPSA) is 84.3 Å². The van der Waals surface area contributed by atoms with E-state index in [0.717, 1.165) is 25.7 Å². The van der Waals surface area contributed by atoms with E-state index in [1.165, 1.54) is 0 Å². The molecule has 0 N–H and O–H groups in total. The van der Waals surface area contributed by atoms with Gasteiger partial charge in [0.05, 0.1) is 6.61 Å². The number of halogens is 1. The van der Waals surface area contributed by atoms with E-state index in [4.69, 9.17) is 10.3 Å². The van der Waals surface area contributed by atoms with Crippen LogP contribution in [0.15, 0.2) is 5.11 Å². The molecule has 7 heteroatoms. The maximum Gasteiger partial charge on any atom is 0.509 e. The fourth-order valence-corrected chi connectivity index (χ4v) is 1.18. The Kier molecular flexibility index (Phi) is 10.9. The highest BCUT2D eigenvalue weighted by Crippen LogP contribution is 2.01. The van der Waals surface area contributed by atoms with Gasteiger partial charge in [-0.25, -0.2) is 4.79 Å². The molecule has 0 spiro atoms. The van der Waals surface area contributed by atoms with Crippen molar-refractivity contribution in [1.29, 1.82) is 0 Å². The number of alkyl halides is 1. The smallest absolute Gasteiger partial charge is 0.434 e. The van der Waals surface area contributed by atoms with Crippen molar-refractivity contribution < 1.29 is 14.3 Å². The highest BCUT2D eigenvalue weighted by molar-refractivity contribution is 14.1. The van der Waals surface area contributed by atoms with Gasteiger partial charge >= 0.3 is 6.16 Å². The van der Waals surface area contributed by atoms with E-state index in [0.29, 0.717) is 17.8 Å². The van der Waals surface area contributed by atoms with E-state index < -0.39 is 6.16 Å². The van der Waals surface area contributed by atoms with Gasteiger partial charge in [-0.1, -0.05) is 18.0 Å². The monoisotopic (exact) mass is 327 g/mol. The van der Waals surface area contributed by atoms with Crippen LogP contribution in [-0.2, 0) is 9.47 Å². The molecule has 0 unspecified atom stereocenters. The molecule has 0 saturated heterocycles. The Morgan fingerprint density at radius 3 is 2.67 bits per heavy atom. The van der Waals surface area contributed by atoms with Crippen molar-refractivity contribution in [2.45, 2.75) is 25.7 Å². The third kappa shape index (κ3) is 11.2. The zero-order valence-corrected chi connectivity index (χ0v) is 10.6. The summed E-state index contributed by atoms with van der Waals surface area (Å²) >= 11 is 1.93. The summed E-state index contributed by atoms with van der Waals surface area (Å²) in [6, 6.07) is 0. The van der Waals surface area contributed by atoms with Crippen molar-refractivity contribution in [1.82, 2.24) is 0 Å². The van der Waals surface area contributed by atoms with Crippen LogP contribution < -0.4 is 0 Å². The number of hydrogen-bond acceptors (Lipinski definition) is 4. The van der Waals surface area contributed by atoms with E-state index in [9.17, 15) is 4.79 Å². The van der Waals surface area contributed by atoms with Crippen molar-refractivity contribution in [2.24, 2.45) is 5.11 Å². The van der Waals surface area contributed by atoms with Crippen molar-refractivity contribution in [2.75, 3.05) is 17.8 Å². The third-order valence-electron chi connectivity index (χ3n) is 1.61. The minimum Gasteiger partial charge on any atom is -0.434 e. The highest BCUT2D eigenvalue weighted by atomic mass is 127. The molecule has 0 fully saturated rings. The molecular formula is C8H14IN3O3. The predicted molar refractivity (Wildman–Crippen MR) is 63.8 cm³/mol. The average Bonchev–Trinajstić information content (AvgIpc) is 2.22. The number of azide groups is 1. The Labute approximate surface area is 102 Å². The first-order chi connectivity index (χ1) is 7.31. The molecule has 0 aromatic rings. The maximum atomic E-state index is 10.7. The van der Waals surface area contributed by atoms with Gasteiger partial charge in [0, 0.05) is 11.5 Å². The second-order valence-corrected chi connectivity index (χ2v) is 3.34. The molecular weight excluding hydrogens is 313 g/mol. The van der Waals surface area contributed by atoms with E-state index >= 15 is 0 Å². The lowest BCUT2D eigenvalue weighted by Crippen LogP contribution is -2.07. The minimum atomic E-state index is -0.613. The summed E-state index contributed by atoms with van der Waals surface area (Å²) in [5.74, 6) is 0. The average molecular weight is 327 g/mol. The summed E-state index contributed by atoms with van der Waals surface area (Å²) < 4.78 is 9.64. The zero-order valence-electron chi connectivity index (χ0n) is 8.39. The Hall–Kier alpha value is -0.690. The Bertz CT molecular complexity index is 219. The first-order valence-electron chi connectivity index (χ1n) is 4.67. The normalized spacial score (nSPS) is 9.13. The quantitative estimate of drug-likeness (QED) is 0.130. The van der Waals surface area contributed by atoms with Crippen molar-refractivity contribution >= 4 is 28.7 Å². The van der Waals surface area contributed by atoms with Crippen LogP contribution in [0.1, 0.15) is 25.7 Å². The summed E-state index contributed by atoms with van der Waals surface area (Å²) in [6.45, 7) is 0.922. The molecule has 86 valence electrons. The number of carbonyl (C=O) groups excluding carboxylic acids is 1. The van der Waals surface area contributed by atoms with E-state index in [2.05, 4.69) is 14.8 Å². The molecule has 0 rings (SSSR count). The molecule has 0 aromatic heterocycles. The lowest BCUT2D eigenvalue weighted by atomic mass is 10.2. The Morgan fingerprint density at radius 1 is 1.27 bits per heavy atom. The van der Waals surface area contributed by atoms with Gasteiger partial charge < -0.3 is 9.47 Å². The molecule has 0 radical (unpaired) electrons. The number of unbranched alkanes of at least 4 members (excludes halogenated alkanes) is 3. The van der Waals surface area contributed by atoms with Crippen LogP contribution >= 0.6 is 22.6 Å². The molecule has 0 aliphatic rings. The van der Waals surface area contributed by atoms with Crippen LogP contribution in [0.4, 0.5) is 4.79 Å². The van der Waals surface area contributed by atoms with Crippen LogP contribution in [0.3, 0.4) is 0 Å². The van der Waals surface area contributed by atoms with E-state index in [1.807, 2.05) is 22.6 Å². The predicted octanol–water partition coefficient (Wildman–Crippen LogP) is 3.40. The molecule has 0 heterocycles. The summed E-state index contributed by atoms with van der Waals surface area (Å²) in [7, 11) is 0. The third-order valence-corrected chi connectivity index (χ3v) is 1.92. The van der Waals surface area contributed by atoms with Gasteiger partial charge in [0.2, 0.25) is 0 Å². The second-order valence-electron chi connectivity index (χ2n) is 2.72. The number of ether oxygens (including phenoxy) is 2. The lowest BCUT2D eigenvalue weighted by Gasteiger charge is -2.03. The van der Waals surface area contributed by atoms with Crippen molar-refractivity contribution in [3.05, 3.63) is 10.4 Å². The van der Waals surface area contributed by atoms with Gasteiger partial charge in [-0.05, 0) is 41.0 Å². The van der Waals surface area contributed by atoms with Gasteiger partial charge in [0.15, 0.2) is 0 Å². The zero-order chi connectivity index (χ0) is 11.4. The van der Waals surface area contributed by atoms with E-state index in [1.54, 1.807) is 0 Å². The Balaban J connectivity index is 3.10. The SMILES string of the molecule is [N-]=[N+]=NCCCCCCOC(=O)OCI. The van der Waals surface area contributed by atoms with E-state index in [-0.39, 0.29) is 0 Å². The summed E-state index contributed by atoms with van der Waals surface area (Å²) in [5.41, 5.74) is 8.00. The summed E-state index contributed by atoms with van der Waals surface area (Å²) in [6.07, 6.45) is 3.01.